The Morgan fingerprint density at radius 3 is 2.48 bits per heavy atom. The Hall–Kier alpha value is -3.49. The van der Waals surface area contributed by atoms with Gasteiger partial charge >= 0.3 is 0 Å². The highest BCUT2D eigenvalue weighted by molar-refractivity contribution is 6.00. The van der Waals surface area contributed by atoms with Crippen LogP contribution in [0.25, 0.3) is 11.1 Å². The van der Waals surface area contributed by atoms with Crippen molar-refractivity contribution in [1.82, 2.24) is 25.2 Å². The van der Waals surface area contributed by atoms with Gasteiger partial charge in [0.2, 0.25) is 5.91 Å². The minimum Gasteiger partial charge on any atom is -0.361 e. The fraction of sp³-hybridized carbons (Fsp3) is 0.458. The van der Waals surface area contributed by atoms with Crippen LogP contribution in [0.3, 0.4) is 0 Å². The molecule has 174 valence electrons. The van der Waals surface area contributed by atoms with Crippen LogP contribution in [0.15, 0.2) is 35.1 Å². The number of anilines is 1. The molecule has 2 N–H and O–H groups in total. The minimum atomic E-state index is -0.649. The van der Waals surface area contributed by atoms with Gasteiger partial charge in [0.25, 0.3) is 5.91 Å². The lowest BCUT2D eigenvalue weighted by Crippen LogP contribution is -2.49. The number of rotatable bonds is 6. The van der Waals surface area contributed by atoms with Crippen molar-refractivity contribution in [3.63, 3.8) is 0 Å². The Morgan fingerprint density at radius 2 is 1.91 bits per heavy atom. The molecule has 1 aliphatic carbocycles. The van der Waals surface area contributed by atoms with Crippen molar-refractivity contribution < 1.29 is 14.1 Å². The Labute approximate surface area is 192 Å². The molecular weight excluding hydrogens is 420 g/mol. The minimum absolute atomic E-state index is 0.0694. The summed E-state index contributed by atoms with van der Waals surface area (Å²) < 4.78 is 6.73. The average molecular weight is 451 g/mol. The second kappa shape index (κ2) is 9.56. The van der Waals surface area contributed by atoms with Crippen molar-refractivity contribution in [2.24, 2.45) is 18.9 Å². The zero-order chi connectivity index (χ0) is 23.5. The lowest BCUT2D eigenvalue weighted by Gasteiger charge is -2.32. The molecule has 1 aliphatic rings. The third-order valence-corrected chi connectivity index (χ3v) is 6.49. The molecule has 0 aromatic carbocycles. The van der Waals surface area contributed by atoms with Gasteiger partial charge in [0.15, 0.2) is 0 Å². The van der Waals surface area contributed by atoms with Crippen LogP contribution in [0, 0.1) is 25.7 Å². The molecule has 0 saturated heterocycles. The first-order valence-corrected chi connectivity index (χ1v) is 11.3. The number of aryl methyl sites for hydroxylation is 3. The molecule has 2 amide bonds. The first kappa shape index (κ1) is 22.7. The number of nitrogens with zero attached hydrogens (tertiary/aromatic N) is 4. The van der Waals surface area contributed by atoms with Gasteiger partial charge in [-0.05, 0) is 56.7 Å². The number of hydrogen-bond acceptors (Lipinski definition) is 6. The maximum Gasteiger partial charge on any atom is 0.270 e. The topological polar surface area (TPSA) is 115 Å². The van der Waals surface area contributed by atoms with Gasteiger partial charge in [0.1, 0.15) is 23.3 Å². The number of pyridine rings is 1. The van der Waals surface area contributed by atoms with Crippen LogP contribution in [0.1, 0.15) is 54.5 Å². The van der Waals surface area contributed by atoms with E-state index in [0.717, 1.165) is 48.3 Å². The molecule has 0 spiro atoms. The van der Waals surface area contributed by atoms with Crippen molar-refractivity contribution in [1.29, 1.82) is 0 Å². The van der Waals surface area contributed by atoms with Crippen LogP contribution in [0.2, 0.25) is 0 Å². The predicted molar refractivity (Wildman–Crippen MR) is 123 cm³/mol. The Kier molecular flexibility index (Phi) is 6.57. The van der Waals surface area contributed by atoms with Crippen LogP contribution in [0.5, 0.6) is 0 Å². The second-order valence-electron chi connectivity index (χ2n) is 8.93. The van der Waals surface area contributed by atoms with E-state index in [4.69, 9.17) is 4.52 Å². The molecule has 0 aliphatic heterocycles. The number of carbonyl (C=O) groups excluding carboxylic acids is 2. The van der Waals surface area contributed by atoms with E-state index in [9.17, 15) is 9.59 Å². The highest BCUT2D eigenvalue weighted by atomic mass is 16.5. The molecule has 3 aromatic heterocycles. The predicted octanol–water partition coefficient (Wildman–Crippen LogP) is 3.65. The van der Waals surface area contributed by atoms with E-state index in [0.29, 0.717) is 17.4 Å². The van der Waals surface area contributed by atoms with Crippen molar-refractivity contribution in [3.8, 4) is 11.1 Å². The molecular formula is C24H30N6O3. The Morgan fingerprint density at radius 1 is 1.15 bits per heavy atom. The largest absolute Gasteiger partial charge is 0.361 e. The van der Waals surface area contributed by atoms with Crippen molar-refractivity contribution in [2.45, 2.75) is 52.5 Å². The third-order valence-electron chi connectivity index (χ3n) is 6.49. The normalized spacial score (nSPS) is 19.2. The van der Waals surface area contributed by atoms with Gasteiger partial charge in [0, 0.05) is 30.6 Å². The van der Waals surface area contributed by atoms with E-state index >= 15 is 0 Å². The van der Waals surface area contributed by atoms with Crippen molar-refractivity contribution in [3.05, 3.63) is 47.7 Å². The van der Waals surface area contributed by atoms with E-state index in [-0.39, 0.29) is 17.7 Å². The molecule has 3 heterocycles. The van der Waals surface area contributed by atoms with Crippen LogP contribution in [-0.2, 0) is 11.8 Å². The van der Waals surface area contributed by atoms with E-state index < -0.39 is 6.04 Å². The Balaban J connectivity index is 1.51. The number of aromatic nitrogens is 4. The highest BCUT2D eigenvalue weighted by Gasteiger charge is 2.33. The van der Waals surface area contributed by atoms with Gasteiger partial charge in [0.05, 0.1) is 5.69 Å². The molecule has 1 saturated carbocycles. The molecule has 0 radical (unpaired) electrons. The molecule has 3 aromatic rings. The standard InChI is InChI=1S/C24H30N6O3/c1-14-5-7-17(8-6-14)22(28-23(31)19-11-12-26-30(19)4)24(32)27-20-10-9-18(13-25-20)21-15(2)29-33-16(21)3/h9-14,17,22H,5-8H2,1-4H3,(H,28,31)(H,25,27,32). The highest BCUT2D eigenvalue weighted by Crippen LogP contribution is 2.31. The Bertz CT molecular complexity index is 1110. The lowest BCUT2D eigenvalue weighted by molar-refractivity contribution is -0.119. The molecule has 4 rings (SSSR count). The molecule has 33 heavy (non-hydrogen) atoms. The summed E-state index contributed by atoms with van der Waals surface area (Å²) in [5.74, 6) is 1.28. The zero-order valence-corrected chi connectivity index (χ0v) is 19.5. The summed E-state index contributed by atoms with van der Waals surface area (Å²) in [5.41, 5.74) is 2.97. The van der Waals surface area contributed by atoms with Crippen molar-refractivity contribution in [2.75, 3.05) is 5.32 Å². The zero-order valence-electron chi connectivity index (χ0n) is 19.5. The van der Waals surface area contributed by atoms with Gasteiger partial charge in [-0.2, -0.15) is 5.10 Å². The first-order valence-electron chi connectivity index (χ1n) is 11.3. The van der Waals surface area contributed by atoms with E-state index in [2.05, 4.69) is 32.8 Å². The first-order chi connectivity index (χ1) is 15.8. The number of hydrogen-bond donors (Lipinski definition) is 2. The van der Waals surface area contributed by atoms with E-state index in [1.165, 1.54) is 4.68 Å². The lowest BCUT2D eigenvalue weighted by atomic mass is 9.79. The molecule has 1 fully saturated rings. The van der Waals surface area contributed by atoms with Crippen LogP contribution >= 0.6 is 0 Å². The summed E-state index contributed by atoms with van der Waals surface area (Å²) in [5, 5.41) is 13.9. The number of amides is 2. The van der Waals surface area contributed by atoms with Gasteiger partial charge in [-0.15, -0.1) is 0 Å². The molecule has 0 bridgehead atoms. The van der Waals surface area contributed by atoms with Gasteiger partial charge in [-0.1, -0.05) is 24.9 Å². The summed E-state index contributed by atoms with van der Waals surface area (Å²) in [6.45, 7) is 5.96. The fourth-order valence-corrected chi connectivity index (χ4v) is 4.54. The summed E-state index contributed by atoms with van der Waals surface area (Å²) in [6, 6.07) is 4.62. The van der Waals surface area contributed by atoms with E-state index in [1.807, 2.05) is 19.9 Å². The third kappa shape index (κ3) is 4.97. The molecule has 9 heteroatoms. The summed E-state index contributed by atoms with van der Waals surface area (Å²) in [7, 11) is 1.71. The van der Waals surface area contributed by atoms with Gasteiger partial charge < -0.3 is 15.2 Å². The summed E-state index contributed by atoms with van der Waals surface area (Å²) >= 11 is 0. The maximum atomic E-state index is 13.3. The van der Waals surface area contributed by atoms with Crippen LogP contribution < -0.4 is 10.6 Å². The maximum absolute atomic E-state index is 13.3. The quantitative estimate of drug-likeness (QED) is 0.592. The second-order valence-corrected chi connectivity index (χ2v) is 8.93. The summed E-state index contributed by atoms with van der Waals surface area (Å²) in [4.78, 5) is 30.6. The fourth-order valence-electron chi connectivity index (χ4n) is 4.54. The monoisotopic (exact) mass is 450 g/mol. The molecule has 1 unspecified atom stereocenters. The van der Waals surface area contributed by atoms with Crippen LogP contribution in [0.4, 0.5) is 5.82 Å². The SMILES string of the molecule is Cc1noc(C)c1-c1ccc(NC(=O)C(NC(=O)c2ccnn2C)C2CCC(C)CC2)nc1. The molecule has 9 nitrogen and oxygen atoms in total. The van der Waals surface area contributed by atoms with Crippen LogP contribution in [-0.4, -0.2) is 37.8 Å². The van der Waals surface area contributed by atoms with Crippen molar-refractivity contribution >= 4 is 17.6 Å². The molecule has 1 atom stereocenters. The number of carbonyl (C=O) groups is 2. The number of nitrogens with one attached hydrogen (secondary N) is 2. The van der Waals surface area contributed by atoms with Gasteiger partial charge in [-0.25, -0.2) is 4.98 Å². The van der Waals surface area contributed by atoms with E-state index in [1.54, 1.807) is 31.6 Å². The van der Waals surface area contributed by atoms with Gasteiger partial charge in [-0.3, -0.25) is 14.3 Å². The average Bonchev–Trinajstić information content (AvgIpc) is 3.38. The smallest absolute Gasteiger partial charge is 0.270 e. The summed E-state index contributed by atoms with van der Waals surface area (Å²) in [6.07, 6.45) is 7.12.